The Morgan fingerprint density at radius 1 is 1.09 bits per heavy atom. The van der Waals surface area contributed by atoms with E-state index in [0.29, 0.717) is 25.1 Å². The maximum atomic E-state index is 13.9. The molecule has 3 aliphatic rings. The second-order valence-corrected chi connectivity index (χ2v) is 9.81. The number of carbonyl (C=O) groups excluding carboxylic acids is 2. The van der Waals surface area contributed by atoms with Gasteiger partial charge in [-0.2, -0.15) is 0 Å². The number of carbonyl (C=O) groups is 2. The first-order chi connectivity index (χ1) is 16.0. The molecule has 3 saturated heterocycles. The van der Waals surface area contributed by atoms with E-state index in [4.69, 9.17) is 9.47 Å². The van der Waals surface area contributed by atoms with Crippen LogP contribution in [-0.2, 0) is 14.3 Å². The molecule has 3 heterocycles. The van der Waals surface area contributed by atoms with Gasteiger partial charge in [0.15, 0.2) is 0 Å². The molecule has 182 valence electrons. The van der Waals surface area contributed by atoms with Gasteiger partial charge in [0.25, 0.3) is 0 Å². The second-order valence-electron chi connectivity index (χ2n) is 9.81. The molecule has 0 saturated carbocycles. The van der Waals surface area contributed by atoms with Gasteiger partial charge < -0.3 is 24.2 Å². The number of ether oxygens (including phenoxy) is 2. The fraction of sp³-hybridized carbons (Fsp3) is 0.692. The summed E-state index contributed by atoms with van der Waals surface area (Å²) >= 11 is 0. The van der Waals surface area contributed by atoms with Crippen molar-refractivity contribution in [3.05, 3.63) is 29.8 Å². The highest BCUT2D eigenvalue weighted by Gasteiger charge is 2.45. The van der Waals surface area contributed by atoms with Crippen molar-refractivity contribution in [2.24, 2.45) is 11.8 Å². The Kier molecular flexibility index (Phi) is 7.91. The minimum atomic E-state index is -0.376. The van der Waals surface area contributed by atoms with E-state index < -0.39 is 0 Å². The van der Waals surface area contributed by atoms with E-state index in [-0.39, 0.29) is 30.2 Å². The summed E-state index contributed by atoms with van der Waals surface area (Å²) in [7, 11) is 5.13. The molecular weight excluding hydrogens is 418 g/mol. The van der Waals surface area contributed by atoms with Crippen LogP contribution in [0.25, 0.3) is 0 Å². The van der Waals surface area contributed by atoms with E-state index in [1.807, 2.05) is 36.2 Å². The van der Waals surface area contributed by atoms with Crippen LogP contribution in [0.3, 0.4) is 0 Å². The standard InChI is InChI=1S/C26H39N3O4/c1-27-24(30)17-22(25(27)19-9-11-21(33-3)12-10-19)26(31)29(15-16-32-2)18-20-7-6-14-28-13-5-4-8-23(20)28/h9-12,20,22-23,25H,4-8,13-18H2,1-3H3/t20-,22+,23+,25+/m0/s1. The Balaban J connectivity index is 1.54. The number of piperidine rings is 2. The molecule has 7 nitrogen and oxygen atoms in total. The van der Waals surface area contributed by atoms with Gasteiger partial charge in [-0.3, -0.25) is 9.59 Å². The lowest BCUT2D eigenvalue weighted by molar-refractivity contribution is -0.138. The van der Waals surface area contributed by atoms with Crippen molar-refractivity contribution in [1.82, 2.24) is 14.7 Å². The lowest BCUT2D eigenvalue weighted by Gasteiger charge is -2.46. The number of methoxy groups -OCH3 is 2. The molecule has 7 heteroatoms. The molecule has 3 aliphatic heterocycles. The summed E-state index contributed by atoms with van der Waals surface area (Å²) in [6, 6.07) is 8.07. The topological polar surface area (TPSA) is 62.3 Å². The third-order valence-electron chi connectivity index (χ3n) is 7.92. The van der Waals surface area contributed by atoms with Crippen LogP contribution < -0.4 is 4.74 Å². The molecule has 0 bridgehead atoms. The van der Waals surface area contributed by atoms with E-state index in [0.717, 1.165) is 17.9 Å². The molecule has 3 fully saturated rings. The van der Waals surface area contributed by atoms with Gasteiger partial charge >= 0.3 is 0 Å². The molecule has 0 aromatic heterocycles. The fourth-order valence-corrected chi connectivity index (χ4v) is 6.15. The zero-order valence-electron chi connectivity index (χ0n) is 20.4. The van der Waals surface area contributed by atoms with Gasteiger partial charge in [0, 0.05) is 39.7 Å². The lowest BCUT2D eigenvalue weighted by atomic mass is 9.83. The van der Waals surface area contributed by atoms with Crippen LogP contribution in [0.5, 0.6) is 5.75 Å². The van der Waals surface area contributed by atoms with Gasteiger partial charge in [0.05, 0.1) is 25.7 Å². The Labute approximate surface area is 198 Å². The van der Waals surface area contributed by atoms with E-state index in [2.05, 4.69) is 4.90 Å². The molecule has 1 aromatic rings. The zero-order chi connectivity index (χ0) is 23.4. The number of nitrogens with zero attached hydrogens (tertiary/aromatic N) is 3. The average molecular weight is 458 g/mol. The number of rotatable bonds is 8. The number of hydrogen-bond donors (Lipinski definition) is 0. The first kappa shape index (κ1) is 24.0. The number of amides is 2. The smallest absolute Gasteiger partial charge is 0.228 e. The normalized spacial score (nSPS) is 28.0. The number of fused-ring (bicyclic) bond motifs is 1. The zero-order valence-corrected chi connectivity index (χ0v) is 20.4. The van der Waals surface area contributed by atoms with Crippen molar-refractivity contribution >= 4 is 11.8 Å². The first-order valence-corrected chi connectivity index (χ1v) is 12.4. The summed E-state index contributed by atoms with van der Waals surface area (Å²) in [6.45, 7) is 4.22. The van der Waals surface area contributed by atoms with Crippen molar-refractivity contribution in [2.75, 3.05) is 54.1 Å². The van der Waals surface area contributed by atoms with Crippen LogP contribution in [0.15, 0.2) is 24.3 Å². The van der Waals surface area contributed by atoms with Crippen LogP contribution in [0.2, 0.25) is 0 Å². The van der Waals surface area contributed by atoms with Crippen LogP contribution in [0.4, 0.5) is 0 Å². The molecule has 0 spiro atoms. The van der Waals surface area contributed by atoms with E-state index in [9.17, 15) is 9.59 Å². The molecule has 0 unspecified atom stereocenters. The molecule has 0 N–H and O–H groups in total. The summed E-state index contributed by atoms with van der Waals surface area (Å²) in [6.07, 6.45) is 6.43. The van der Waals surface area contributed by atoms with Gasteiger partial charge in [0.1, 0.15) is 5.75 Å². The molecule has 0 aliphatic carbocycles. The SMILES string of the molecule is COCCN(C[C@@H]1CCCN2CCCC[C@H]12)C(=O)[C@@H]1CC(=O)N(C)[C@@H]1c1ccc(OC)cc1. The van der Waals surface area contributed by atoms with Crippen LogP contribution in [0.1, 0.15) is 50.1 Å². The highest BCUT2D eigenvalue weighted by molar-refractivity contribution is 5.90. The Morgan fingerprint density at radius 2 is 1.85 bits per heavy atom. The van der Waals surface area contributed by atoms with Gasteiger partial charge in [-0.1, -0.05) is 18.6 Å². The maximum Gasteiger partial charge on any atom is 0.228 e. The Morgan fingerprint density at radius 3 is 2.58 bits per heavy atom. The predicted molar refractivity (Wildman–Crippen MR) is 127 cm³/mol. The Hall–Kier alpha value is -2.12. The lowest BCUT2D eigenvalue weighted by Crippen LogP contribution is -2.52. The highest BCUT2D eigenvalue weighted by Crippen LogP contribution is 2.39. The minimum absolute atomic E-state index is 0.0250. The highest BCUT2D eigenvalue weighted by atomic mass is 16.5. The van der Waals surface area contributed by atoms with Crippen molar-refractivity contribution in [2.45, 2.75) is 50.6 Å². The number of benzene rings is 1. The largest absolute Gasteiger partial charge is 0.497 e. The van der Waals surface area contributed by atoms with Crippen LogP contribution in [0, 0.1) is 11.8 Å². The first-order valence-electron chi connectivity index (χ1n) is 12.4. The van der Waals surface area contributed by atoms with Gasteiger partial charge in [0.2, 0.25) is 11.8 Å². The second kappa shape index (κ2) is 10.9. The van der Waals surface area contributed by atoms with Crippen molar-refractivity contribution in [1.29, 1.82) is 0 Å². The summed E-state index contributed by atoms with van der Waals surface area (Å²) in [5.41, 5.74) is 0.977. The average Bonchev–Trinajstić information content (AvgIpc) is 3.15. The minimum Gasteiger partial charge on any atom is -0.497 e. The van der Waals surface area contributed by atoms with Crippen molar-refractivity contribution < 1.29 is 19.1 Å². The summed E-state index contributed by atoms with van der Waals surface area (Å²) in [5.74, 6) is 0.994. The fourth-order valence-electron chi connectivity index (χ4n) is 6.15. The predicted octanol–water partition coefficient (Wildman–Crippen LogP) is 2.95. The van der Waals surface area contributed by atoms with E-state index >= 15 is 0 Å². The Bertz CT molecular complexity index is 812. The molecule has 33 heavy (non-hydrogen) atoms. The number of likely N-dealkylation sites (tertiary alicyclic amines) is 1. The molecule has 4 atom stereocenters. The van der Waals surface area contributed by atoms with Crippen LogP contribution >= 0.6 is 0 Å². The van der Waals surface area contributed by atoms with Crippen molar-refractivity contribution in [3.63, 3.8) is 0 Å². The van der Waals surface area contributed by atoms with Gasteiger partial charge in [-0.25, -0.2) is 0 Å². The van der Waals surface area contributed by atoms with Gasteiger partial charge in [-0.15, -0.1) is 0 Å². The third kappa shape index (κ3) is 5.19. The monoisotopic (exact) mass is 457 g/mol. The number of hydrogen-bond acceptors (Lipinski definition) is 5. The molecule has 1 aromatic carbocycles. The molecule has 4 rings (SSSR count). The summed E-state index contributed by atoms with van der Waals surface area (Å²) in [5, 5.41) is 0. The van der Waals surface area contributed by atoms with E-state index in [1.165, 1.54) is 45.2 Å². The molecule has 0 radical (unpaired) electrons. The maximum absolute atomic E-state index is 13.9. The third-order valence-corrected chi connectivity index (χ3v) is 7.92. The quantitative estimate of drug-likeness (QED) is 0.601. The molecular formula is C26H39N3O4. The van der Waals surface area contributed by atoms with E-state index in [1.54, 1.807) is 19.1 Å². The summed E-state index contributed by atoms with van der Waals surface area (Å²) in [4.78, 5) is 33.0. The van der Waals surface area contributed by atoms with Crippen LogP contribution in [-0.4, -0.2) is 86.6 Å². The van der Waals surface area contributed by atoms with Gasteiger partial charge in [-0.05, 0) is 62.4 Å². The molecule has 2 amide bonds. The summed E-state index contributed by atoms with van der Waals surface area (Å²) < 4.78 is 10.7. The van der Waals surface area contributed by atoms with Crippen molar-refractivity contribution in [3.8, 4) is 5.75 Å².